The van der Waals surface area contributed by atoms with Crippen LogP contribution in [0.15, 0.2) is 47.2 Å². The van der Waals surface area contributed by atoms with E-state index in [9.17, 15) is 4.79 Å². The molecule has 1 amide bonds. The average Bonchev–Trinajstić information content (AvgIpc) is 3.24. The molecular formula is C17H18N2O3S. The van der Waals surface area contributed by atoms with Gasteiger partial charge in [0.2, 0.25) is 0 Å². The second-order valence-electron chi connectivity index (χ2n) is 5.12. The van der Waals surface area contributed by atoms with Crippen LogP contribution in [-0.4, -0.2) is 35.8 Å². The van der Waals surface area contributed by atoms with Gasteiger partial charge in [-0.15, -0.1) is 0 Å². The Morgan fingerprint density at radius 3 is 2.96 bits per heavy atom. The third kappa shape index (κ3) is 3.79. The predicted molar refractivity (Wildman–Crippen MR) is 90.7 cm³/mol. The number of aromatic nitrogens is 1. The SMILES string of the molecule is O=C(NC[C@@H](OCCO)c1ccsc1)c1cc2ccccc2[nH]1. The molecule has 0 saturated carbocycles. The first kappa shape index (κ1) is 15.7. The van der Waals surface area contributed by atoms with Crippen molar-refractivity contribution in [2.75, 3.05) is 19.8 Å². The van der Waals surface area contributed by atoms with Crippen molar-refractivity contribution in [3.63, 3.8) is 0 Å². The molecule has 0 fully saturated rings. The fraction of sp³-hybridized carbons (Fsp3) is 0.235. The fourth-order valence-corrected chi connectivity index (χ4v) is 3.10. The molecule has 3 aromatic rings. The summed E-state index contributed by atoms with van der Waals surface area (Å²) in [7, 11) is 0. The number of ether oxygens (including phenoxy) is 1. The number of hydrogen-bond acceptors (Lipinski definition) is 4. The average molecular weight is 330 g/mol. The molecular weight excluding hydrogens is 312 g/mol. The number of fused-ring (bicyclic) bond motifs is 1. The molecule has 0 aliphatic heterocycles. The number of H-pyrrole nitrogens is 1. The smallest absolute Gasteiger partial charge is 0.267 e. The lowest BCUT2D eigenvalue weighted by Crippen LogP contribution is -2.30. The van der Waals surface area contributed by atoms with Gasteiger partial charge in [0.05, 0.1) is 13.2 Å². The van der Waals surface area contributed by atoms with E-state index in [2.05, 4.69) is 10.3 Å². The van der Waals surface area contributed by atoms with Crippen LogP contribution < -0.4 is 5.32 Å². The summed E-state index contributed by atoms with van der Waals surface area (Å²) in [5.74, 6) is -0.172. The maximum absolute atomic E-state index is 12.3. The predicted octanol–water partition coefficient (Wildman–Crippen LogP) is 2.71. The largest absolute Gasteiger partial charge is 0.394 e. The Morgan fingerprint density at radius 1 is 1.35 bits per heavy atom. The van der Waals surface area contributed by atoms with Gasteiger partial charge in [0.15, 0.2) is 0 Å². The van der Waals surface area contributed by atoms with Gasteiger partial charge >= 0.3 is 0 Å². The molecule has 120 valence electrons. The Labute approximate surface area is 137 Å². The van der Waals surface area contributed by atoms with Crippen molar-refractivity contribution in [3.05, 3.63) is 58.4 Å². The summed E-state index contributed by atoms with van der Waals surface area (Å²) in [5, 5.41) is 16.8. The van der Waals surface area contributed by atoms with Crippen LogP contribution in [0.3, 0.4) is 0 Å². The van der Waals surface area contributed by atoms with Gasteiger partial charge in [-0.1, -0.05) is 18.2 Å². The van der Waals surface area contributed by atoms with Crippen LogP contribution in [0.25, 0.3) is 10.9 Å². The second kappa shape index (κ2) is 7.41. The van der Waals surface area contributed by atoms with Crippen molar-refractivity contribution in [2.24, 2.45) is 0 Å². The maximum atomic E-state index is 12.3. The van der Waals surface area contributed by atoms with Gasteiger partial charge in [-0.05, 0) is 34.5 Å². The lowest BCUT2D eigenvalue weighted by molar-refractivity contribution is 0.0279. The minimum absolute atomic E-state index is 0.0450. The fourth-order valence-electron chi connectivity index (χ4n) is 2.40. The minimum atomic E-state index is -0.262. The molecule has 0 spiro atoms. The van der Waals surface area contributed by atoms with Crippen molar-refractivity contribution >= 4 is 28.1 Å². The standard InChI is InChI=1S/C17H18N2O3S/c20-6-7-22-16(13-5-8-23-11-13)10-18-17(21)15-9-12-3-1-2-4-14(12)19-15/h1-5,8-9,11,16,19-20H,6-7,10H2,(H,18,21)/t16-/m1/s1. The number of amides is 1. The first-order valence-electron chi connectivity index (χ1n) is 7.38. The number of aromatic amines is 1. The number of aliphatic hydroxyl groups excluding tert-OH is 1. The third-order valence-electron chi connectivity index (χ3n) is 3.55. The number of aliphatic hydroxyl groups is 1. The number of para-hydroxylation sites is 1. The zero-order chi connectivity index (χ0) is 16.1. The van der Waals surface area contributed by atoms with Gasteiger partial charge in [-0.3, -0.25) is 4.79 Å². The highest BCUT2D eigenvalue weighted by Crippen LogP contribution is 2.20. The Balaban J connectivity index is 1.66. The Bertz CT molecular complexity index is 734. The zero-order valence-electron chi connectivity index (χ0n) is 12.5. The maximum Gasteiger partial charge on any atom is 0.267 e. The van der Waals surface area contributed by atoms with Crippen LogP contribution in [0.1, 0.15) is 22.2 Å². The van der Waals surface area contributed by atoms with E-state index in [1.165, 1.54) is 0 Å². The van der Waals surface area contributed by atoms with E-state index < -0.39 is 0 Å². The van der Waals surface area contributed by atoms with E-state index in [1.54, 1.807) is 11.3 Å². The highest BCUT2D eigenvalue weighted by molar-refractivity contribution is 7.07. The molecule has 0 aliphatic carbocycles. The van der Waals surface area contributed by atoms with Crippen LogP contribution in [0.4, 0.5) is 0 Å². The summed E-state index contributed by atoms with van der Waals surface area (Å²) in [6, 6.07) is 11.6. The summed E-state index contributed by atoms with van der Waals surface area (Å²) in [6.07, 6.45) is -0.262. The topological polar surface area (TPSA) is 74.3 Å². The van der Waals surface area contributed by atoms with Gasteiger partial charge < -0.3 is 20.1 Å². The van der Waals surface area contributed by atoms with Crippen molar-refractivity contribution in [2.45, 2.75) is 6.10 Å². The highest BCUT2D eigenvalue weighted by Gasteiger charge is 2.15. The molecule has 2 heterocycles. The van der Waals surface area contributed by atoms with Crippen molar-refractivity contribution < 1.29 is 14.6 Å². The van der Waals surface area contributed by atoms with Crippen LogP contribution in [0, 0.1) is 0 Å². The summed E-state index contributed by atoms with van der Waals surface area (Å²) >= 11 is 1.57. The molecule has 5 nitrogen and oxygen atoms in total. The van der Waals surface area contributed by atoms with Crippen LogP contribution in [-0.2, 0) is 4.74 Å². The number of benzene rings is 1. The molecule has 0 radical (unpaired) electrons. The van der Waals surface area contributed by atoms with Gasteiger partial charge in [-0.25, -0.2) is 0 Å². The lowest BCUT2D eigenvalue weighted by Gasteiger charge is -2.17. The molecule has 0 bridgehead atoms. The minimum Gasteiger partial charge on any atom is -0.394 e. The molecule has 6 heteroatoms. The van der Waals surface area contributed by atoms with E-state index in [0.29, 0.717) is 12.2 Å². The van der Waals surface area contributed by atoms with E-state index in [1.807, 2.05) is 47.2 Å². The van der Waals surface area contributed by atoms with E-state index in [4.69, 9.17) is 9.84 Å². The normalized spacial score (nSPS) is 12.4. The first-order chi connectivity index (χ1) is 11.3. The number of thiophene rings is 1. The number of rotatable bonds is 7. The van der Waals surface area contributed by atoms with Gasteiger partial charge in [0.1, 0.15) is 11.8 Å². The zero-order valence-corrected chi connectivity index (χ0v) is 13.3. The monoisotopic (exact) mass is 330 g/mol. The van der Waals surface area contributed by atoms with Crippen LogP contribution in [0.5, 0.6) is 0 Å². The summed E-state index contributed by atoms with van der Waals surface area (Å²) < 4.78 is 5.61. The lowest BCUT2D eigenvalue weighted by atomic mass is 10.2. The molecule has 0 unspecified atom stereocenters. The Hall–Kier alpha value is -2.15. The van der Waals surface area contributed by atoms with E-state index >= 15 is 0 Å². The number of carbonyl (C=O) groups is 1. The molecule has 3 N–H and O–H groups in total. The van der Waals surface area contributed by atoms with Crippen LogP contribution >= 0.6 is 11.3 Å². The van der Waals surface area contributed by atoms with Gasteiger partial charge in [0.25, 0.3) is 5.91 Å². The quantitative estimate of drug-likeness (QED) is 0.623. The first-order valence-corrected chi connectivity index (χ1v) is 8.32. The molecule has 0 aliphatic rings. The molecule has 1 aromatic carbocycles. The van der Waals surface area contributed by atoms with Crippen molar-refractivity contribution in [1.29, 1.82) is 0 Å². The summed E-state index contributed by atoms with van der Waals surface area (Å²) in [6.45, 7) is 0.546. The molecule has 2 aromatic heterocycles. The highest BCUT2D eigenvalue weighted by atomic mass is 32.1. The van der Waals surface area contributed by atoms with Gasteiger partial charge in [-0.2, -0.15) is 11.3 Å². The molecule has 3 rings (SSSR count). The molecule has 1 atom stereocenters. The molecule has 0 saturated heterocycles. The summed E-state index contributed by atoms with van der Waals surface area (Å²) in [5.41, 5.74) is 2.46. The van der Waals surface area contributed by atoms with Crippen LogP contribution in [0.2, 0.25) is 0 Å². The second-order valence-corrected chi connectivity index (χ2v) is 5.90. The Kier molecular flexibility index (Phi) is 5.07. The number of carbonyl (C=O) groups excluding carboxylic acids is 1. The third-order valence-corrected chi connectivity index (χ3v) is 4.25. The number of hydrogen-bond donors (Lipinski definition) is 3. The Morgan fingerprint density at radius 2 is 2.22 bits per heavy atom. The van der Waals surface area contributed by atoms with Gasteiger partial charge in [0, 0.05) is 17.4 Å². The van der Waals surface area contributed by atoms with E-state index in [0.717, 1.165) is 16.5 Å². The van der Waals surface area contributed by atoms with E-state index in [-0.39, 0.29) is 25.2 Å². The van der Waals surface area contributed by atoms with Crippen molar-refractivity contribution in [1.82, 2.24) is 10.3 Å². The molecule has 23 heavy (non-hydrogen) atoms. The summed E-state index contributed by atoms with van der Waals surface area (Å²) in [4.78, 5) is 15.4. The number of nitrogens with one attached hydrogen (secondary N) is 2. The van der Waals surface area contributed by atoms with Crippen molar-refractivity contribution in [3.8, 4) is 0 Å².